The minimum Gasteiger partial charge on any atom is -0.462 e. The summed E-state index contributed by atoms with van der Waals surface area (Å²) in [7, 11) is -10.7. The maximum Gasteiger partial charge on any atom is 0.472 e. The summed E-state index contributed by atoms with van der Waals surface area (Å²) in [4.78, 5) is 54.3. The lowest BCUT2D eigenvalue weighted by Crippen LogP contribution is -2.64. The van der Waals surface area contributed by atoms with Crippen LogP contribution in [0.3, 0.4) is 0 Å². The first-order valence-electron chi connectivity index (χ1n) is 24.2. The first kappa shape index (κ1) is 63.2. The Labute approximate surface area is 404 Å². The number of ether oxygens (including phenoxy) is 2. The second kappa shape index (κ2) is 38.8. The van der Waals surface area contributed by atoms with Gasteiger partial charge in [-0.25, -0.2) is 9.13 Å². The number of allylic oxidation sites excluding steroid dienone is 12. The third kappa shape index (κ3) is 32.9. The van der Waals surface area contributed by atoms with Gasteiger partial charge in [-0.15, -0.1) is 0 Å². The molecule has 1 aliphatic carbocycles. The number of aliphatic hydroxyl groups excluding tert-OH is 5. The highest BCUT2D eigenvalue weighted by molar-refractivity contribution is 7.47. The van der Waals surface area contributed by atoms with Crippen molar-refractivity contribution in [2.24, 2.45) is 0 Å². The largest absolute Gasteiger partial charge is 0.472 e. The van der Waals surface area contributed by atoms with Crippen molar-refractivity contribution in [3.8, 4) is 0 Å². The third-order valence-electron chi connectivity index (χ3n) is 10.5. The van der Waals surface area contributed by atoms with E-state index in [1.807, 2.05) is 48.6 Å². The lowest BCUT2D eigenvalue weighted by atomic mass is 9.85. The number of aliphatic hydroxyl groups is 5. The van der Waals surface area contributed by atoms with Gasteiger partial charge < -0.3 is 49.7 Å². The normalized spacial score (nSPS) is 22.4. The van der Waals surface area contributed by atoms with Gasteiger partial charge in [0.1, 0.15) is 43.2 Å². The van der Waals surface area contributed by atoms with Crippen molar-refractivity contribution in [3.05, 3.63) is 85.1 Å². The number of esters is 2. The third-order valence-corrected chi connectivity index (χ3v) is 12.0. The average Bonchev–Trinajstić information content (AvgIpc) is 3.29. The number of hydrogen-bond donors (Lipinski definition) is 8. The number of carbonyl (C=O) groups excluding carboxylic acids is 2. The molecule has 0 bridgehead atoms. The van der Waals surface area contributed by atoms with Gasteiger partial charge in [-0.05, 0) is 77.0 Å². The summed E-state index contributed by atoms with van der Waals surface area (Å²) in [5.74, 6) is -1.38. The quantitative estimate of drug-likeness (QED) is 0.00944. The van der Waals surface area contributed by atoms with E-state index in [1.165, 1.54) is 51.4 Å². The summed E-state index contributed by atoms with van der Waals surface area (Å²) < 4.78 is 49.2. The van der Waals surface area contributed by atoms with Crippen LogP contribution in [0.5, 0.6) is 0 Å². The van der Waals surface area contributed by atoms with Crippen molar-refractivity contribution in [3.63, 3.8) is 0 Å². The van der Waals surface area contributed by atoms with Crippen molar-refractivity contribution in [2.75, 3.05) is 13.2 Å². The molecule has 0 spiro atoms. The summed E-state index contributed by atoms with van der Waals surface area (Å²) in [5, 5.41) is 51.3. The first-order chi connectivity index (χ1) is 32.5. The van der Waals surface area contributed by atoms with Crippen LogP contribution in [0.1, 0.15) is 149 Å². The van der Waals surface area contributed by atoms with Crippen molar-refractivity contribution in [2.45, 2.75) is 198 Å². The van der Waals surface area contributed by atoms with Gasteiger partial charge in [0.2, 0.25) is 0 Å². The molecule has 0 amide bonds. The minimum atomic E-state index is -5.39. The van der Waals surface area contributed by atoms with Gasteiger partial charge >= 0.3 is 27.6 Å². The number of carbonyl (C=O) groups is 2. The molecule has 0 aromatic rings. The highest BCUT2D eigenvalue weighted by atomic mass is 31.2. The zero-order chi connectivity index (χ0) is 50.5. The van der Waals surface area contributed by atoms with E-state index in [4.69, 9.17) is 18.5 Å². The Bertz CT molecular complexity index is 1650. The number of hydrogen-bond acceptors (Lipinski definition) is 14. The average molecular weight is 1010 g/mol. The molecule has 17 nitrogen and oxygen atoms in total. The molecule has 1 fully saturated rings. The van der Waals surface area contributed by atoms with Crippen LogP contribution in [0, 0.1) is 0 Å². The Morgan fingerprint density at radius 1 is 0.544 bits per heavy atom. The van der Waals surface area contributed by atoms with Crippen molar-refractivity contribution in [1.29, 1.82) is 0 Å². The SMILES string of the molecule is CCCCC/C=C\C=C/[C@H](O)C/C=C\C/C=C/CCCC(=O)O[C@H](COC(=O)CCC/C=C\C/C=C\C/C=C\CCCCCCCC)COP(=O)(O)O[C@H]1C(O)C(O)C(O)[C@@H](OP(=O)(O)O)C1O. The van der Waals surface area contributed by atoms with E-state index < -0.39 is 89.6 Å². The predicted octanol–water partition coefficient (Wildman–Crippen LogP) is 8.36. The lowest BCUT2D eigenvalue weighted by molar-refractivity contribution is -0.216. The molecule has 68 heavy (non-hydrogen) atoms. The molecule has 1 rings (SSSR count). The summed E-state index contributed by atoms with van der Waals surface area (Å²) in [6.07, 6.45) is 30.0. The summed E-state index contributed by atoms with van der Waals surface area (Å²) in [6.45, 7) is 2.90. The van der Waals surface area contributed by atoms with Gasteiger partial charge in [0, 0.05) is 12.8 Å². The molecule has 0 aromatic carbocycles. The number of phosphoric acid groups is 2. The molecular formula is C49H82O17P2. The second-order valence-electron chi connectivity index (χ2n) is 16.7. The van der Waals surface area contributed by atoms with Crippen LogP contribution in [0.4, 0.5) is 0 Å². The van der Waals surface area contributed by atoms with Crippen LogP contribution in [-0.4, -0.2) is 114 Å². The van der Waals surface area contributed by atoms with Crippen LogP contribution in [-0.2, 0) is 41.8 Å². The van der Waals surface area contributed by atoms with E-state index in [1.54, 1.807) is 6.08 Å². The van der Waals surface area contributed by atoms with Gasteiger partial charge in [-0.1, -0.05) is 144 Å². The zero-order valence-electron chi connectivity index (χ0n) is 40.1. The summed E-state index contributed by atoms with van der Waals surface area (Å²) in [5.41, 5.74) is 0. The standard InChI is InChI=1S/C49H82O17P2/c1-3-5-7-9-11-12-13-14-15-16-17-18-19-20-24-28-32-36-42(51)62-38-41(39-63-68(60,61)66-49-46(55)44(53)45(54)48(47(49)56)65-67(57,58)59)64-43(52)37-33-29-25-21-23-27-31-35-40(50)34-30-26-22-10-8-6-4-2/h14-15,17-18,20-22,24-27,30-31,34,40-41,44-50,53-56H,3-13,16,19,23,28-29,32-33,35-39H2,1-2H3,(H,60,61)(H2,57,58,59)/b15-14-,18-17-,24-20-,25-21+,26-22-,31-27-,34-30-/t40-,41+,44?,45?,46?,47?,48+,49-/m0/s1. The Morgan fingerprint density at radius 2 is 1.03 bits per heavy atom. The molecule has 0 saturated heterocycles. The van der Waals surface area contributed by atoms with Crippen LogP contribution in [0.2, 0.25) is 0 Å². The van der Waals surface area contributed by atoms with E-state index >= 15 is 0 Å². The topological polar surface area (TPSA) is 276 Å². The van der Waals surface area contributed by atoms with Crippen LogP contribution in [0.15, 0.2) is 85.1 Å². The molecule has 390 valence electrons. The van der Waals surface area contributed by atoms with Crippen LogP contribution in [0.25, 0.3) is 0 Å². The molecule has 9 atom stereocenters. The Hall–Kier alpha value is -2.86. The highest BCUT2D eigenvalue weighted by Crippen LogP contribution is 2.49. The Kier molecular flexibility index (Phi) is 36.1. The fourth-order valence-corrected chi connectivity index (χ4v) is 8.24. The van der Waals surface area contributed by atoms with E-state index in [9.17, 15) is 58.9 Å². The van der Waals surface area contributed by atoms with Gasteiger partial charge in [0.15, 0.2) is 6.10 Å². The zero-order valence-corrected chi connectivity index (χ0v) is 41.9. The van der Waals surface area contributed by atoms with Crippen molar-refractivity contribution < 1.29 is 82.0 Å². The molecule has 1 aliphatic rings. The lowest BCUT2D eigenvalue weighted by Gasteiger charge is -2.43. The van der Waals surface area contributed by atoms with Gasteiger partial charge in [-0.3, -0.25) is 23.2 Å². The summed E-state index contributed by atoms with van der Waals surface area (Å²) in [6, 6.07) is 0. The minimum absolute atomic E-state index is 0.0200. The predicted molar refractivity (Wildman–Crippen MR) is 261 cm³/mol. The highest BCUT2D eigenvalue weighted by Gasteiger charge is 2.54. The van der Waals surface area contributed by atoms with Crippen LogP contribution < -0.4 is 0 Å². The molecule has 0 aromatic heterocycles. The molecule has 1 saturated carbocycles. The molecule has 0 aliphatic heterocycles. The van der Waals surface area contributed by atoms with Crippen LogP contribution >= 0.6 is 15.6 Å². The molecule has 19 heteroatoms. The van der Waals surface area contributed by atoms with Crippen molar-refractivity contribution >= 4 is 27.6 Å². The second-order valence-corrected chi connectivity index (χ2v) is 19.3. The van der Waals surface area contributed by atoms with Gasteiger partial charge in [-0.2, -0.15) is 0 Å². The monoisotopic (exact) mass is 1000 g/mol. The maximum atomic E-state index is 13.0. The fraction of sp³-hybridized carbons (Fsp3) is 0.673. The van der Waals surface area contributed by atoms with E-state index in [0.29, 0.717) is 38.5 Å². The Balaban J connectivity index is 2.69. The molecule has 8 N–H and O–H groups in total. The smallest absolute Gasteiger partial charge is 0.462 e. The van der Waals surface area contributed by atoms with E-state index in [-0.39, 0.29) is 12.8 Å². The maximum absolute atomic E-state index is 13.0. The van der Waals surface area contributed by atoms with E-state index in [2.05, 4.69) is 48.8 Å². The number of unbranched alkanes of at least 4 members (excludes halogenated alkanes) is 11. The summed E-state index contributed by atoms with van der Waals surface area (Å²) >= 11 is 0. The number of rotatable bonds is 39. The van der Waals surface area contributed by atoms with E-state index in [0.717, 1.165) is 32.1 Å². The van der Waals surface area contributed by atoms with Crippen molar-refractivity contribution in [1.82, 2.24) is 0 Å². The van der Waals surface area contributed by atoms with Gasteiger partial charge in [0.05, 0.1) is 12.7 Å². The molecule has 0 heterocycles. The van der Waals surface area contributed by atoms with Gasteiger partial charge in [0.25, 0.3) is 0 Å². The first-order valence-corrected chi connectivity index (χ1v) is 27.3. The fourth-order valence-electron chi connectivity index (χ4n) is 6.70. The molecular weight excluding hydrogens is 922 g/mol. The number of phosphoric ester groups is 2. The Morgan fingerprint density at radius 3 is 1.63 bits per heavy atom. The molecule has 5 unspecified atom stereocenters. The molecule has 0 radical (unpaired) electrons.